The molecule has 1 aromatic carbocycles. The summed E-state index contributed by atoms with van der Waals surface area (Å²) in [5, 5.41) is 0. The van der Waals surface area contributed by atoms with E-state index in [4.69, 9.17) is 9.47 Å². The average Bonchev–Trinajstić information content (AvgIpc) is 2.50. The van der Waals surface area contributed by atoms with E-state index in [1.165, 1.54) is 11.4 Å². The Labute approximate surface area is 142 Å². The van der Waals surface area contributed by atoms with Crippen LogP contribution in [0, 0.1) is 13.8 Å². The molecule has 1 fully saturated rings. The highest BCUT2D eigenvalue weighted by atomic mass is 32.2. The molecule has 0 N–H and O–H groups in total. The maximum absolute atomic E-state index is 12.8. The highest BCUT2D eigenvalue weighted by molar-refractivity contribution is 7.89. The average molecular weight is 348 g/mol. The van der Waals surface area contributed by atoms with Crippen molar-refractivity contribution in [3.8, 4) is 11.6 Å². The quantitative estimate of drug-likeness (QED) is 0.828. The fourth-order valence-electron chi connectivity index (χ4n) is 2.55. The number of sulfonamides is 1. The summed E-state index contributed by atoms with van der Waals surface area (Å²) in [5.74, 6) is 0.871. The fraction of sp³-hybridized carbons (Fsp3) is 0.353. The number of rotatable bonds is 5. The van der Waals surface area contributed by atoms with Gasteiger partial charge in [0.1, 0.15) is 16.7 Å². The zero-order valence-electron chi connectivity index (χ0n) is 13.9. The van der Waals surface area contributed by atoms with E-state index in [2.05, 4.69) is 4.98 Å². The van der Waals surface area contributed by atoms with Crippen LogP contribution in [0.5, 0.6) is 11.6 Å². The Morgan fingerprint density at radius 3 is 2.58 bits per heavy atom. The lowest BCUT2D eigenvalue weighted by Crippen LogP contribution is -2.56. The van der Waals surface area contributed by atoms with Crippen LogP contribution in [0.2, 0.25) is 0 Å². The molecular weight excluding hydrogens is 328 g/mol. The summed E-state index contributed by atoms with van der Waals surface area (Å²) in [7, 11) is -2.13. The van der Waals surface area contributed by atoms with Crippen molar-refractivity contribution < 1.29 is 17.9 Å². The minimum absolute atomic E-state index is 0.190. The number of methoxy groups -OCH3 is 1. The third-order valence-electron chi connectivity index (χ3n) is 3.90. The number of ether oxygens (including phenoxy) is 2. The number of nitrogens with zero attached hydrogens (tertiary/aromatic N) is 2. The third kappa shape index (κ3) is 3.22. The molecule has 1 aromatic heterocycles. The van der Waals surface area contributed by atoms with Crippen molar-refractivity contribution in [2.24, 2.45) is 0 Å². The minimum Gasteiger partial charge on any atom is -0.495 e. The molecule has 0 amide bonds. The largest absolute Gasteiger partial charge is 0.495 e. The Bertz CT molecular complexity index is 845. The first-order chi connectivity index (χ1) is 11.4. The zero-order valence-corrected chi connectivity index (χ0v) is 14.7. The van der Waals surface area contributed by atoms with Gasteiger partial charge < -0.3 is 9.47 Å². The summed E-state index contributed by atoms with van der Waals surface area (Å²) in [6, 6.07) is 10.6. The Hall–Kier alpha value is -2.12. The van der Waals surface area contributed by atoms with E-state index in [0.29, 0.717) is 24.7 Å². The van der Waals surface area contributed by atoms with E-state index in [9.17, 15) is 8.42 Å². The van der Waals surface area contributed by atoms with Gasteiger partial charge in [-0.15, -0.1) is 0 Å². The summed E-state index contributed by atoms with van der Waals surface area (Å²) in [6.07, 6.45) is -0.190. The van der Waals surface area contributed by atoms with Crippen molar-refractivity contribution in [2.75, 3.05) is 20.2 Å². The van der Waals surface area contributed by atoms with Gasteiger partial charge in [0.05, 0.1) is 20.2 Å². The van der Waals surface area contributed by atoms with Crippen molar-refractivity contribution in [1.29, 1.82) is 0 Å². The summed E-state index contributed by atoms with van der Waals surface area (Å²) >= 11 is 0. The molecule has 128 valence electrons. The van der Waals surface area contributed by atoms with E-state index in [1.54, 1.807) is 18.2 Å². The number of hydrogen-bond acceptors (Lipinski definition) is 5. The summed E-state index contributed by atoms with van der Waals surface area (Å²) < 4.78 is 37.9. The zero-order chi connectivity index (χ0) is 17.3. The predicted molar refractivity (Wildman–Crippen MR) is 89.9 cm³/mol. The third-order valence-corrected chi connectivity index (χ3v) is 5.75. The first-order valence-corrected chi connectivity index (χ1v) is 9.09. The van der Waals surface area contributed by atoms with Gasteiger partial charge in [-0.1, -0.05) is 12.1 Å². The monoisotopic (exact) mass is 348 g/mol. The van der Waals surface area contributed by atoms with E-state index in [1.807, 2.05) is 32.0 Å². The van der Waals surface area contributed by atoms with E-state index in [-0.39, 0.29) is 11.0 Å². The highest BCUT2D eigenvalue weighted by Gasteiger charge is 2.39. The lowest BCUT2D eigenvalue weighted by atomic mass is 10.2. The standard InChI is InChI=1S/C17H20N2O4S/c1-12-7-8-15(22-3)16(9-12)24(20,21)19-10-14(11-19)23-17-6-4-5-13(2)18-17/h4-9,14H,10-11H2,1-3H3. The van der Waals surface area contributed by atoms with Gasteiger partial charge in [-0.3, -0.25) is 0 Å². The van der Waals surface area contributed by atoms with Gasteiger partial charge in [0.25, 0.3) is 0 Å². The molecule has 1 aliphatic heterocycles. The van der Waals surface area contributed by atoms with Gasteiger partial charge in [0.15, 0.2) is 0 Å². The molecule has 0 saturated carbocycles. The molecule has 0 aliphatic carbocycles. The van der Waals surface area contributed by atoms with Crippen molar-refractivity contribution in [2.45, 2.75) is 24.8 Å². The SMILES string of the molecule is COc1ccc(C)cc1S(=O)(=O)N1CC(Oc2cccc(C)n2)C1. The lowest BCUT2D eigenvalue weighted by Gasteiger charge is -2.37. The molecular formula is C17H20N2O4S. The number of aromatic nitrogens is 1. The normalized spacial score (nSPS) is 15.8. The van der Waals surface area contributed by atoms with Crippen LogP contribution in [0.4, 0.5) is 0 Å². The van der Waals surface area contributed by atoms with Crippen LogP contribution in [0.3, 0.4) is 0 Å². The Balaban J connectivity index is 1.72. The molecule has 24 heavy (non-hydrogen) atoms. The Morgan fingerprint density at radius 2 is 1.92 bits per heavy atom. The van der Waals surface area contributed by atoms with Crippen LogP contribution in [0.15, 0.2) is 41.3 Å². The van der Waals surface area contributed by atoms with Crippen LogP contribution < -0.4 is 9.47 Å². The second-order valence-electron chi connectivity index (χ2n) is 5.83. The van der Waals surface area contributed by atoms with Gasteiger partial charge in [-0.05, 0) is 37.6 Å². The molecule has 1 aliphatic rings. The highest BCUT2D eigenvalue weighted by Crippen LogP contribution is 2.31. The van der Waals surface area contributed by atoms with Crippen LogP contribution in [-0.4, -0.2) is 44.0 Å². The second kappa shape index (κ2) is 6.41. The molecule has 2 aromatic rings. The molecule has 0 radical (unpaired) electrons. The van der Waals surface area contributed by atoms with Crippen molar-refractivity contribution in [1.82, 2.24) is 9.29 Å². The number of benzene rings is 1. The fourth-order valence-corrected chi connectivity index (χ4v) is 4.29. The van der Waals surface area contributed by atoms with Crippen LogP contribution >= 0.6 is 0 Å². The Kier molecular flexibility index (Phi) is 4.47. The van der Waals surface area contributed by atoms with Crippen molar-refractivity contribution in [3.63, 3.8) is 0 Å². The first kappa shape index (κ1) is 16.7. The molecule has 1 saturated heterocycles. The van der Waals surface area contributed by atoms with Gasteiger partial charge in [0.2, 0.25) is 15.9 Å². The van der Waals surface area contributed by atoms with Crippen LogP contribution in [0.25, 0.3) is 0 Å². The molecule has 2 heterocycles. The molecule has 0 bridgehead atoms. The molecule has 0 unspecified atom stereocenters. The first-order valence-electron chi connectivity index (χ1n) is 7.65. The topological polar surface area (TPSA) is 68.7 Å². The van der Waals surface area contributed by atoms with Gasteiger partial charge in [0, 0.05) is 11.8 Å². The molecule has 3 rings (SSSR count). The van der Waals surface area contributed by atoms with Crippen LogP contribution in [-0.2, 0) is 10.0 Å². The van der Waals surface area contributed by atoms with Crippen molar-refractivity contribution in [3.05, 3.63) is 47.7 Å². The van der Waals surface area contributed by atoms with Crippen molar-refractivity contribution >= 4 is 10.0 Å². The maximum atomic E-state index is 12.8. The summed E-state index contributed by atoms with van der Waals surface area (Å²) in [5.41, 5.74) is 1.73. The smallest absolute Gasteiger partial charge is 0.247 e. The van der Waals surface area contributed by atoms with Gasteiger partial charge >= 0.3 is 0 Å². The molecule has 7 heteroatoms. The van der Waals surface area contributed by atoms with E-state index >= 15 is 0 Å². The van der Waals surface area contributed by atoms with Gasteiger partial charge in [-0.25, -0.2) is 13.4 Å². The second-order valence-corrected chi connectivity index (χ2v) is 7.74. The Morgan fingerprint density at radius 1 is 1.17 bits per heavy atom. The van der Waals surface area contributed by atoms with Crippen LogP contribution in [0.1, 0.15) is 11.3 Å². The van der Waals surface area contributed by atoms with E-state index in [0.717, 1.165) is 11.3 Å². The maximum Gasteiger partial charge on any atom is 0.247 e. The molecule has 0 atom stereocenters. The number of pyridine rings is 1. The summed E-state index contributed by atoms with van der Waals surface area (Å²) in [6.45, 7) is 4.34. The number of hydrogen-bond donors (Lipinski definition) is 0. The van der Waals surface area contributed by atoms with E-state index < -0.39 is 10.0 Å². The predicted octanol–water partition coefficient (Wildman–Crippen LogP) is 2.16. The lowest BCUT2D eigenvalue weighted by molar-refractivity contribution is 0.0718. The summed E-state index contributed by atoms with van der Waals surface area (Å²) in [4.78, 5) is 4.46. The number of aryl methyl sites for hydroxylation is 2. The van der Waals surface area contributed by atoms with Gasteiger partial charge in [-0.2, -0.15) is 4.31 Å². The minimum atomic E-state index is -3.59. The molecule has 6 nitrogen and oxygen atoms in total. The molecule has 0 spiro atoms.